The standard InChI is InChI=1S/C15H13NO3/c1-9(15(17)18)11-6-7-16-14-12(11)8-10-4-2-3-5-13(10)19-14/h2-7,9H,8H2,1H3,(H,17,18). The highest BCUT2D eigenvalue weighted by Crippen LogP contribution is 2.38. The van der Waals surface area contributed by atoms with Gasteiger partial charge in [-0.05, 0) is 30.2 Å². The van der Waals surface area contributed by atoms with Crippen molar-refractivity contribution in [3.8, 4) is 11.6 Å². The first kappa shape index (κ1) is 11.7. The molecule has 1 aliphatic heterocycles. The van der Waals surface area contributed by atoms with E-state index in [9.17, 15) is 9.90 Å². The van der Waals surface area contributed by atoms with E-state index in [4.69, 9.17) is 4.74 Å². The van der Waals surface area contributed by atoms with Crippen LogP contribution in [0.1, 0.15) is 29.5 Å². The number of carboxylic acid groups (broad SMARTS) is 1. The fourth-order valence-electron chi connectivity index (χ4n) is 2.34. The summed E-state index contributed by atoms with van der Waals surface area (Å²) in [5.74, 6) is -0.0928. The van der Waals surface area contributed by atoms with Gasteiger partial charge in [0.05, 0.1) is 5.92 Å². The van der Waals surface area contributed by atoms with Crippen LogP contribution in [-0.4, -0.2) is 16.1 Å². The minimum absolute atomic E-state index is 0.518. The second-order valence-corrected chi connectivity index (χ2v) is 4.63. The third-order valence-electron chi connectivity index (χ3n) is 3.44. The number of pyridine rings is 1. The van der Waals surface area contributed by atoms with Crippen molar-refractivity contribution in [1.29, 1.82) is 0 Å². The molecule has 96 valence electrons. The van der Waals surface area contributed by atoms with E-state index in [0.717, 1.165) is 22.4 Å². The Hall–Kier alpha value is -2.36. The Morgan fingerprint density at radius 2 is 2.16 bits per heavy atom. The molecule has 0 bridgehead atoms. The lowest BCUT2D eigenvalue weighted by Crippen LogP contribution is -2.14. The third-order valence-corrected chi connectivity index (χ3v) is 3.44. The zero-order valence-corrected chi connectivity index (χ0v) is 10.5. The van der Waals surface area contributed by atoms with E-state index < -0.39 is 11.9 Å². The van der Waals surface area contributed by atoms with Crippen LogP contribution in [0.2, 0.25) is 0 Å². The first-order chi connectivity index (χ1) is 9.16. The molecule has 4 heteroatoms. The van der Waals surface area contributed by atoms with Gasteiger partial charge >= 0.3 is 5.97 Å². The highest BCUT2D eigenvalue weighted by Gasteiger charge is 2.25. The van der Waals surface area contributed by atoms with Crippen molar-refractivity contribution in [1.82, 2.24) is 4.98 Å². The summed E-state index contributed by atoms with van der Waals surface area (Å²) >= 11 is 0. The fourth-order valence-corrected chi connectivity index (χ4v) is 2.34. The summed E-state index contributed by atoms with van der Waals surface area (Å²) in [6, 6.07) is 9.50. The molecular weight excluding hydrogens is 242 g/mol. The molecule has 0 amide bonds. The van der Waals surface area contributed by atoms with Crippen LogP contribution in [0, 0.1) is 0 Å². The van der Waals surface area contributed by atoms with Crippen LogP contribution in [0.3, 0.4) is 0 Å². The molecule has 0 radical (unpaired) electrons. The van der Waals surface area contributed by atoms with E-state index in [1.54, 1.807) is 19.2 Å². The highest BCUT2D eigenvalue weighted by atomic mass is 16.5. The van der Waals surface area contributed by atoms with Gasteiger partial charge in [-0.25, -0.2) is 4.98 Å². The zero-order valence-electron chi connectivity index (χ0n) is 10.5. The summed E-state index contributed by atoms with van der Waals surface area (Å²) in [6.45, 7) is 1.68. The Bertz CT molecular complexity index is 652. The van der Waals surface area contributed by atoms with Gasteiger partial charge in [0, 0.05) is 18.2 Å². The van der Waals surface area contributed by atoms with Gasteiger partial charge < -0.3 is 9.84 Å². The smallest absolute Gasteiger partial charge is 0.310 e. The fraction of sp³-hybridized carbons (Fsp3) is 0.200. The van der Waals surface area contributed by atoms with Gasteiger partial charge in [0.1, 0.15) is 5.75 Å². The average Bonchev–Trinajstić information content (AvgIpc) is 2.43. The van der Waals surface area contributed by atoms with Crippen LogP contribution in [0.15, 0.2) is 36.5 Å². The van der Waals surface area contributed by atoms with Crippen molar-refractivity contribution in [2.45, 2.75) is 19.3 Å². The molecule has 2 heterocycles. The van der Waals surface area contributed by atoms with Crippen LogP contribution >= 0.6 is 0 Å². The van der Waals surface area contributed by atoms with E-state index in [1.807, 2.05) is 24.3 Å². The largest absolute Gasteiger partial charge is 0.481 e. The van der Waals surface area contributed by atoms with E-state index in [0.29, 0.717) is 12.3 Å². The average molecular weight is 255 g/mol. The first-order valence-corrected chi connectivity index (χ1v) is 6.13. The quantitative estimate of drug-likeness (QED) is 0.764. The normalized spacial score (nSPS) is 13.9. The number of carboxylic acids is 1. The molecule has 1 unspecified atom stereocenters. The van der Waals surface area contributed by atoms with Crippen molar-refractivity contribution >= 4 is 5.97 Å². The summed E-state index contributed by atoms with van der Waals surface area (Å²) in [5, 5.41) is 9.17. The number of fused-ring (bicyclic) bond motifs is 2. The topological polar surface area (TPSA) is 59.4 Å². The van der Waals surface area contributed by atoms with E-state index in [2.05, 4.69) is 4.98 Å². The van der Waals surface area contributed by atoms with Gasteiger partial charge in [0.15, 0.2) is 0 Å². The molecule has 2 aromatic rings. The van der Waals surface area contributed by atoms with Crippen LogP contribution in [0.5, 0.6) is 11.6 Å². The maximum absolute atomic E-state index is 11.2. The molecule has 4 nitrogen and oxygen atoms in total. The van der Waals surface area contributed by atoms with Crippen LogP contribution in [0.25, 0.3) is 0 Å². The number of aliphatic carboxylic acids is 1. The zero-order chi connectivity index (χ0) is 13.4. The molecule has 0 fully saturated rings. The highest BCUT2D eigenvalue weighted by molar-refractivity contribution is 5.76. The number of ether oxygens (including phenoxy) is 1. The predicted octanol–water partition coefficient (Wildman–Crippen LogP) is 2.97. The number of carbonyl (C=O) groups is 1. The summed E-state index contributed by atoms with van der Waals surface area (Å²) in [4.78, 5) is 15.4. The van der Waals surface area contributed by atoms with Crippen molar-refractivity contribution in [2.75, 3.05) is 0 Å². The van der Waals surface area contributed by atoms with Gasteiger partial charge in [-0.2, -0.15) is 0 Å². The van der Waals surface area contributed by atoms with Gasteiger partial charge in [-0.15, -0.1) is 0 Å². The van der Waals surface area contributed by atoms with Crippen LogP contribution in [-0.2, 0) is 11.2 Å². The first-order valence-electron chi connectivity index (χ1n) is 6.13. The molecular formula is C15H13NO3. The minimum Gasteiger partial charge on any atom is -0.481 e. The number of hydrogen-bond acceptors (Lipinski definition) is 3. The molecule has 0 aliphatic carbocycles. The van der Waals surface area contributed by atoms with Crippen LogP contribution in [0.4, 0.5) is 0 Å². The van der Waals surface area contributed by atoms with Crippen LogP contribution < -0.4 is 4.74 Å². The monoisotopic (exact) mass is 255 g/mol. The minimum atomic E-state index is -0.841. The number of nitrogens with zero attached hydrogens (tertiary/aromatic N) is 1. The lowest BCUT2D eigenvalue weighted by Gasteiger charge is -2.22. The molecule has 1 N–H and O–H groups in total. The van der Waals surface area contributed by atoms with Gasteiger partial charge in [0.2, 0.25) is 5.88 Å². The Kier molecular flexibility index (Phi) is 2.71. The Balaban J connectivity index is 2.08. The molecule has 19 heavy (non-hydrogen) atoms. The summed E-state index contributed by atoms with van der Waals surface area (Å²) in [7, 11) is 0. The van der Waals surface area contributed by atoms with Crippen molar-refractivity contribution in [2.24, 2.45) is 0 Å². The lowest BCUT2D eigenvalue weighted by atomic mass is 9.92. The Morgan fingerprint density at radius 1 is 1.37 bits per heavy atom. The predicted molar refractivity (Wildman–Crippen MR) is 69.6 cm³/mol. The number of hydrogen-bond donors (Lipinski definition) is 1. The van der Waals surface area contributed by atoms with Gasteiger partial charge in [-0.1, -0.05) is 18.2 Å². The number of para-hydroxylation sites is 1. The number of aromatic nitrogens is 1. The van der Waals surface area contributed by atoms with Gasteiger partial charge in [0.25, 0.3) is 0 Å². The molecule has 0 saturated heterocycles. The Morgan fingerprint density at radius 3 is 2.95 bits per heavy atom. The Labute approximate surface area is 110 Å². The number of rotatable bonds is 2. The molecule has 1 aromatic heterocycles. The maximum Gasteiger partial charge on any atom is 0.310 e. The summed E-state index contributed by atoms with van der Waals surface area (Å²) in [6.07, 6.45) is 2.26. The molecule has 0 spiro atoms. The van der Waals surface area contributed by atoms with Crippen molar-refractivity contribution in [3.63, 3.8) is 0 Å². The van der Waals surface area contributed by atoms with Crippen molar-refractivity contribution in [3.05, 3.63) is 53.2 Å². The van der Waals surface area contributed by atoms with E-state index in [1.165, 1.54) is 0 Å². The molecule has 1 aromatic carbocycles. The molecule has 3 rings (SSSR count). The van der Waals surface area contributed by atoms with E-state index >= 15 is 0 Å². The second-order valence-electron chi connectivity index (χ2n) is 4.63. The van der Waals surface area contributed by atoms with E-state index in [-0.39, 0.29) is 0 Å². The molecule has 1 atom stereocenters. The third kappa shape index (κ3) is 1.95. The van der Waals surface area contributed by atoms with Gasteiger partial charge in [-0.3, -0.25) is 4.79 Å². The molecule has 0 saturated carbocycles. The second kappa shape index (κ2) is 4.39. The maximum atomic E-state index is 11.2. The summed E-state index contributed by atoms with van der Waals surface area (Å²) in [5.41, 5.74) is 2.70. The lowest BCUT2D eigenvalue weighted by molar-refractivity contribution is -0.138. The SMILES string of the molecule is CC(C(=O)O)c1ccnc2c1Cc1ccccc1O2. The molecule has 1 aliphatic rings. The number of benzene rings is 1. The summed E-state index contributed by atoms with van der Waals surface area (Å²) < 4.78 is 5.74. The van der Waals surface area contributed by atoms with Crippen molar-refractivity contribution < 1.29 is 14.6 Å².